The van der Waals surface area contributed by atoms with Gasteiger partial charge in [-0.15, -0.1) is 22.7 Å². The molecule has 3 heterocycles. The highest BCUT2D eigenvalue weighted by molar-refractivity contribution is 9.11. The second-order valence-electron chi connectivity index (χ2n) is 5.60. The van der Waals surface area contributed by atoms with Crippen molar-refractivity contribution < 1.29 is 0 Å². The van der Waals surface area contributed by atoms with Crippen LogP contribution < -0.4 is 0 Å². The Morgan fingerprint density at radius 2 is 1.57 bits per heavy atom. The first kappa shape index (κ1) is 16.0. The molecule has 0 aliphatic heterocycles. The highest BCUT2D eigenvalue weighted by Crippen LogP contribution is 2.44. The first-order valence-electron chi connectivity index (χ1n) is 7.50. The van der Waals surface area contributed by atoms with Crippen LogP contribution in [0.15, 0.2) is 19.7 Å². The number of aromatic nitrogens is 1. The summed E-state index contributed by atoms with van der Waals surface area (Å²) in [5, 5.41) is 0. The molecule has 3 aromatic heterocycles. The van der Waals surface area contributed by atoms with E-state index in [0.717, 1.165) is 0 Å². The first-order valence-corrected chi connectivity index (χ1v) is 10.7. The molecular weight excluding hydrogens is 430 g/mol. The first-order chi connectivity index (χ1) is 10.1. The number of hydrogen-bond donors (Lipinski definition) is 0. The molecule has 21 heavy (non-hydrogen) atoms. The van der Waals surface area contributed by atoms with Crippen LogP contribution in [0.1, 0.15) is 52.0 Å². The Morgan fingerprint density at radius 1 is 1.00 bits per heavy atom. The normalized spacial score (nSPS) is 13.5. The van der Waals surface area contributed by atoms with Crippen LogP contribution in [-0.2, 0) is 0 Å². The molecule has 0 N–H and O–H groups in total. The molecule has 114 valence electrons. The minimum Gasteiger partial charge on any atom is -0.336 e. The molecule has 0 amide bonds. The Balaban J connectivity index is 1.97. The minimum atomic E-state index is 0.560. The van der Waals surface area contributed by atoms with Crippen molar-refractivity contribution in [3.8, 4) is 0 Å². The second-order valence-corrected chi connectivity index (χ2v) is 10.5. The molecule has 0 saturated heterocycles. The van der Waals surface area contributed by atoms with Gasteiger partial charge in [0.1, 0.15) is 0 Å². The molecule has 0 radical (unpaired) electrons. The summed E-state index contributed by atoms with van der Waals surface area (Å²) in [4.78, 5) is 0. The number of halogens is 2. The topological polar surface area (TPSA) is 4.93 Å². The third-order valence-electron chi connectivity index (χ3n) is 4.01. The Bertz CT molecular complexity index is 699. The van der Waals surface area contributed by atoms with Crippen LogP contribution in [0.2, 0.25) is 0 Å². The largest absolute Gasteiger partial charge is 0.336 e. The van der Waals surface area contributed by atoms with Crippen LogP contribution in [0.3, 0.4) is 0 Å². The minimum absolute atomic E-state index is 0.560. The summed E-state index contributed by atoms with van der Waals surface area (Å²) in [6, 6.07) is 5.12. The molecule has 3 aromatic rings. The van der Waals surface area contributed by atoms with Crippen molar-refractivity contribution in [1.82, 2.24) is 4.57 Å². The number of fused-ring (bicyclic) bond motifs is 3. The zero-order chi connectivity index (χ0) is 15.0. The van der Waals surface area contributed by atoms with Gasteiger partial charge in [-0.3, -0.25) is 0 Å². The van der Waals surface area contributed by atoms with Crippen molar-refractivity contribution in [3.05, 3.63) is 19.7 Å². The Kier molecular flexibility index (Phi) is 5.14. The average Bonchev–Trinajstić information content (AvgIpc) is 3.04. The van der Waals surface area contributed by atoms with Crippen LogP contribution in [0, 0.1) is 0 Å². The molecule has 0 aliphatic carbocycles. The van der Waals surface area contributed by atoms with E-state index in [0.29, 0.717) is 6.04 Å². The summed E-state index contributed by atoms with van der Waals surface area (Å²) < 4.78 is 7.84. The van der Waals surface area contributed by atoms with E-state index in [4.69, 9.17) is 0 Å². The van der Waals surface area contributed by atoms with E-state index in [1.165, 1.54) is 60.1 Å². The standard InChI is InChI=1S/C16H19Br2NS2/c1-3-4-5-6-7-10(2)19-11-8-13(17)20-15(11)16-12(19)9-14(18)21-16/h8-10H,3-7H2,1-2H3. The number of hydrogen-bond acceptors (Lipinski definition) is 2. The van der Waals surface area contributed by atoms with Crippen LogP contribution in [0.4, 0.5) is 0 Å². The van der Waals surface area contributed by atoms with E-state index in [9.17, 15) is 0 Å². The van der Waals surface area contributed by atoms with Crippen molar-refractivity contribution in [3.63, 3.8) is 0 Å². The Morgan fingerprint density at radius 3 is 2.10 bits per heavy atom. The van der Waals surface area contributed by atoms with Gasteiger partial charge in [-0.25, -0.2) is 0 Å². The fraction of sp³-hybridized carbons (Fsp3) is 0.500. The van der Waals surface area contributed by atoms with Crippen molar-refractivity contribution in [2.24, 2.45) is 0 Å². The van der Waals surface area contributed by atoms with E-state index in [-0.39, 0.29) is 0 Å². The van der Waals surface area contributed by atoms with Gasteiger partial charge in [0.2, 0.25) is 0 Å². The summed E-state index contributed by atoms with van der Waals surface area (Å²) in [6.07, 6.45) is 6.61. The lowest BCUT2D eigenvalue weighted by Crippen LogP contribution is -2.04. The predicted octanol–water partition coefficient (Wildman–Crippen LogP) is 7.97. The molecule has 0 aromatic carbocycles. The number of nitrogens with zero attached hydrogens (tertiary/aromatic N) is 1. The molecule has 0 saturated carbocycles. The highest BCUT2D eigenvalue weighted by Gasteiger charge is 2.19. The van der Waals surface area contributed by atoms with Gasteiger partial charge in [0.05, 0.1) is 28.0 Å². The van der Waals surface area contributed by atoms with Gasteiger partial charge in [-0.2, -0.15) is 0 Å². The maximum Gasteiger partial charge on any atom is 0.0726 e. The third-order valence-corrected chi connectivity index (χ3v) is 7.43. The van der Waals surface area contributed by atoms with Crippen molar-refractivity contribution >= 4 is 75.0 Å². The highest BCUT2D eigenvalue weighted by atomic mass is 79.9. The van der Waals surface area contributed by atoms with Gasteiger partial charge >= 0.3 is 0 Å². The Labute approximate surface area is 150 Å². The van der Waals surface area contributed by atoms with Crippen molar-refractivity contribution in [2.75, 3.05) is 0 Å². The second kappa shape index (κ2) is 6.73. The van der Waals surface area contributed by atoms with E-state index in [1.54, 1.807) is 0 Å². The monoisotopic (exact) mass is 447 g/mol. The van der Waals surface area contributed by atoms with E-state index < -0.39 is 0 Å². The zero-order valence-corrected chi connectivity index (χ0v) is 17.1. The maximum absolute atomic E-state index is 3.65. The molecule has 0 fully saturated rings. The van der Waals surface area contributed by atoms with Gasteiger partial charge in [0.15, 0.2) is 0 Å². The fourth-order valence-corrected chi connectivity index (χ4v) is 6.29. The van der Waals surface area contributed by atoms with Crippen molar-refractivity contribution in [1.29, 1.82) is 0 Å². The maximum atomic E-state index is 3.65. The fourth-order valence-electron chi connectivity index (χ4n) is 2.99. The number of thiophene rings is 2. The molecule has 0 spiro atoms. The van der Waals surface area contributed by atoms with E-state index in [1.807, 2.05) is 22.7 Å². The summed E-state index contributed by atoms with van der Waals surface area (Å²) >= 11 is 11.0. The smallest absolute Gasteiger partial charge is 0.0726 e. The molecule has 1 nitrogen and oxygen atoms in total. The van der Waals surface area contributed by atoms with Crippen molar-refractivity contribution in [2.45, 2.75) is 52.0 Å². The summed E-state index contributed by atoms with van der Waals surface area (Å²) in [5.41, 5.74) is 2.78. The third kappa shape index (κ3) is 3.12. The molecule has 5 heteroatoms. The molecule has 1 atom stereocenters. The van der Waals surface area contributed by atoms with Crippen LogP contribution in [0.5, 0.6) is 0 Å². The molecular formula is C16H19Br2NS2. The van der Waals surface area contributed by atoms with Crippen LogP contribution in [-0.4, -0.2) is 4.57 Å². The van der Waals surface area contributed by atoms with Gasteiger partial charge in [0.25, 0.3) is 0 Å². The van der Waals surface area contributed by atoms with Gasteiger partial charge in [-0.05, 0) is 57.3 Å². The van der Waals surface area contributed by atoms with Crippen LogP contribution >= 0.6 is 54.5 Å². The van der Waals surface area contributed by atoms with Gasteiger partial charge in [-0.1, -0.05) is 32.6 Å². The lowest BCUT2D eigenvalue weighted by molar-refractivity contribution is 0.493. The average molecular weight is 449 g/mol. The summed E-state index contributed by atoms with van der Waals surface area (Å²) in [6.45, 7) is 4.64. The SMILES string of the molecule is CCCCCCC(C)n1c2cc(Br)sc2c2sc(Br)cc21. The van der Waals surface area contributed by atoms with Gasteiger partial charge in [0, 0.05) is 6.04 Å². The lowest BCUT2D eigenvalue weighted by Gasteiger charge is -2.15. The van der Waals surface area contributed by atoms with E-state index >= 15 is 0 Å². The van der Waals surface area contributed by atoms with Crippen LogP contribution in [0.25, 0.3) is 20.4 Å². The zero-order valence-electron chi connectivity index (χ0n) is 12.3. The molecule has 0 aliphatic rings. The summed E-state index contributed by atoms with van der Waals surface area (Å²) in [5.74, 6) is 0. The predicted molar refractivity (Wildman–Crippen MR) is 104 cm³/mol. The lowest BCUT2D eigenvalue weighted by atomic mass is 10.1. The molecule has 3 rings (SSSR count). The van der Waals surface area contributed by atoms with Gasteiger partial charge < -0.3 is 4.57 Å². The number of rotatable bonds is 6. The number of unbranched alkanes of at least 4 members (excludes halogenated alkanes) is 3. The summed E-state index contributed by atoms with van der Waals surface area (Å²) in [7, 11) is 0. The Hall–Kier alpha value is 0.160. The van der Waals surface area contributed by atoms with E-state index in [2.05, 4.69) is 62.4 Å². The molecule has 1 unspecified atom stereocenters. The molecule has 0 bridgehead atoms. The quantitative estimate of drug-likeness (QED) is 0.337.